The average Bonchev–Trinajstić information content (AvgIpc) is 3.24. The number of ether oxygens (including phenoxy) is 1. The Labute approximate surface area is 227 Å². The van der Waals surface area contributed by atoms with Gasteiger partial charge in [0, 0.05) is 39.1 Å². The summed E-state index contributed by atoms with van der Waals surface area (Å²) >= 11 is 0.661. The molecule has 0 radical (unpaired) electrons. The Morgan fingerprint density at radius 3 is 2.41 bits per heavy atom. The molecule has 6 N–H and O–H groups in total. The molecule has 0 aliphatic carbocycles. The van der Waals surface area contributed by atoms with E-state index in [1.54, 1.807) is 4.90 Å². The van der Waals surface area contributed by atoms with Crippen LogP contribution in [0, 0.1) is 18.6 Å². The maximum atomic E-state index is 14.1. The van der Waals surface area contributed by atoms with Gasteiger partial charge in [0.1, 0.15) is 28.8 Å². The van der Waals surface area contributed by atoms with Crippen LogP contribution in [0.25, 0.3) is 0 Å². The number of nitrogens with zero attached hydrogens (tertiary/aromatic N) is 3. The van der Waals surface area contributed by atoms with Gasteiger partial charge in [0.25, 0.3) is 5.91 Å². The first kappa shape index (κ1) is 30.1. The molecule has 0 saturated carbocycles. The lowest BCUT2D eigenvalue weighted by molar-refractivity contribution is -0.135. The molecule has 15 heteroatoms. The molecule has 2 atom stereocenters. The zero-order valence-corrected chi connectivity index (χ0v) is 22.4. The molecule has 0 spiro atoms. The monoisotopic (exact) mass is 570 g/mol. The van der Waals surface area contributed by atoms with Gasteiger partial charge in [-0.05, 0) is 43.2 Å². The van der Waals surface area contributed by atoms with Crippen molar-refractivity contribution < 1.29 is 38.1 Å². The van der Waals surface area contributed by atoms with Crippen LogP contribution >= 0.6 is 11.5 Å². The minimum atomic E-state index is -1.15. The van der Waals surface area contributed by atoms with E-state index in [2.05, 4.69) is 19.9 Å². The molecule has 214 valence electrons. The van der Waals surface area contributed by atoms with Gasteiger partial charge in [0.2, 0.25) is 11.8 Å². The molecule has 3 rings (SSSR count). The smallest absolute Gasteiger partial charge is 0.320 e. The Hall–Kier alpha value is -3.40. The lowest BCUT2D eigenvalue weighted by atomic mass is 10.1. The molecule has 1 aliphatic heterocycles. The molecule has 1 aromatic carbocycles. The molecule has 4 amide bonds. The molecule has 0 bridgehead atoms. The van der Waals surface area contributed by atoms with E-state index in [9.17, 15) is 33.4 Å². The summed E-state index contributed by atoms with van der Waals surface area (Å²) < 4.78 is 37.4. The number of aliphatic hydroxyl groups is 2. The van der Waals surface area contributed by atoms with Crippen LogP contribution < -0.4 is 21.1 Å². The van der Waals surface area contributed by atoms with Crippen LogP contribution in [0.3, 0.4) is 0 Å². The van der Waals surface area contributed by atoms with Crippen LogP contribution in [0.5, 0.6) is 5.88 Å². The van der Waals surface area contributed by atoms with Crippen molar-refractivity contribution in [2.24, 2.45) is 5.73 Å². The largest absolute Gasteiger partial charge is 0.471 e. The van der Waals surface area contributed by atoms with Gasteiger partial charge in [-0.3, -0.25) is 14.9 Å². The Kier molecular flexibility index (Phi) is 10.5. The van der Waals surface area contributed by atoms with Gasteiger partial charge in [0.05, 0.1) is 24.2 Å². The number of halogens is 2. The van der Waals surface area contributed by atoms with Gasteiger partial charge >= 0.3 is 6.03 Å². The molecule has 2 heterocycles. The number of benzene rings is 1. The highest BCUT2D eigenvalue weighted by Crippen LogP contribution is 2.31. The summed E-state index contributed by atoms with van der Waals surface area (Å²) in [5.41, 5.74) is 5.12. The van der Waals surface area contributed by atoms with Crippen LogP contribution in [-0.4, -0.2) is 94.2 Å². The van der Waals surface area contributed by atoms with Crippen LogP contribution in [0.4, 0.5) is 18.6 Å². The second-order valence-electron chi connectivity index (χ2n) is 9.32. The number of urea groups is 1. The fourth-order valence-electron chi connectivity index (χ4n) is 3.91. The maximum Gasteiger partial charge on any atom is 0.320 e. The van der Waals surface area contributed by atoms with Gasteiger partial charge in [0.15, 0.2) is 0 Å². The number of hydrogen-bond donors (Lipinski definition) is 5. The summed E-state index contributed by atoms with van der Waals surface area (Å²) in [5, 5.41) is 25.0. The number of aryl methyl sites for hydroxylation is 1. The fraction of sp³-hybridized carbons (Fsp3) is 0.500. The van der Waals surface area contributed by atoms with Crippen molar-refractivity contribution >= 4 is 34.4 Å². The van der Waals surface area contributed by atoms with Crippen LogP contribution in [0.15, 0.2) is 12.1 Å². The number of rotatable bonds is 11. The zero-order valence-electron chi connectivity index (χ0n) is 21.6. The quantitative estimate of drug-likeness (QED) is 0.264. The number of hydrogen-bond acceptors (Lipinski definition) is 9. The Morgan fingerprint density at radius 2 is 1.79 bits per heavy atom. The van der Waals surface area contributed by atoms with E-state index in [0.717, 1.165) is 25.2 Å². The molecular weight excluding hydrogens is 538 g/mol. The fourth-order valence-corrected chi connectivity index (χ4v) is 4.65. The number of amides is 4. The first-order valence-electron chi connectivity index (χ1n) is 12.2. The van der Waals surface area contributed by atoms with Crippen molar-refractivity contribution in [3.8, 4) is 5.88 Å². The second kappa shape index (κ2) is 13.6. The third-order valence-corrected chi connectivity index (χ3v) is 6.83. The number of anilines is 1. The van der Waals surface area contributed by atoms with E-state index in [0.29, 0.717) is 30.2 Å². The van der Waals surface area contributed by atoms with Gasteiger partial charge in [-0.2, -0.15) is 4.37 Å². The summed E-state index contributed by atoms with van der Waals surface area (Å²) in [7, 11) is 1.96. The number of nitrogens with one attached hydrogen (secondary N) is 2. The lowest BCUT2D eigenvalue weighted by Crippen LogP contribution is -2.48. The molecular formula is C24H32F2N6O6S. The summed E-state index contributed by atoms with van der Waals surface area (Å²) in [5.74, 6) is -3.16. The number of nitrogens with two attached hydrogens (primary N) is 1. The standard InChI is InChI=1S/C24H32F2N6O6S/c1-13-7-17(25)16(18(26)8-13)12-38-22-20(21(27)36)23(39-30-22)29-24(37)28-11-15(34)9-14(33)10-19(35)32-5-3-31(2)4-6-32/h7-8,14-15,33-34H,3-6,9-12H2,1-2H3,(H2,27,36)(H2,28,29,37). The minimum Gasteiger partial charge on any atom is -0.471 e. The number of aliphatic hydroxyl groups excluding tert-OH is 2. The number of primary amides is 1. The van der Waals surface area contributed by atoms with Gasteiger partial charge in [-0.1, -0.05) is 0 Å². The normalized spacial score (nSPS) is 15.5. The minimum absolute atomic E-state index is 0.0767. The number of carbonyl (C=O) groups is 3. The third kappa shape index (κ3) is 8.54. The number of piperazine rings is 1. The molecule has 1 saturated heterocycles. The number of aromatic nitrogens is 1. The van der Waals surface area contributed by atoms with E-state index in [1.165, 1.54) is 6.92 Å². The average molecular weight is 571 g/mol. The maximum absolute atomic E-state index is 14.1. The summed E-state index contributed by atoms with van der Waals surface area (Å²) in [6.07, 6.45) is -2.53. The van der Waals surface area contributed by atoms with E-state index >= 15 is 0 Å². The van der Waals surface area contributed by atoms with Crippen LogP contribution in [0.1, 0.15) is 34.3 Å². The van der Waals surface area contributed by atoms with Crippen LogP contribution in [-0.2, 0) is 11.4 Å². The molecule has 1 fully saturated rings. The van der Waals surface area contributed by atoms with E-state index in [-0.39, 0.29) is 47.3 Å². The van der Waals surface area contributed by atoms with Crippen molar-refractivity contribution in [2.45, 2.75) is 38.6 Å². The van der Waals surface area contributed by atoms with Crippen molar-refractivity contribution in [2.75, 3.05) is 45.1 Å². The Balaban J connectivity index is 1.49. The van der Waals surface area contributed by atoms with E-state index < -0.39 is 42.4 Å². The first-order chi connectivity index (χ1) is 18.4. The van der Waals surface area contributed by atoms with Crippen molar-refractivity contribution in [1.29, 1.82) is 0 Å². The van der Waals surface area contributed by atoms with Gasteiger partial charge in [-0.15, -0.1) is 0 Å². The highest BCUT2D eigenvalue weighted by Gasteiger charge is 2.25. The molecule has 12 nitrogen and oxygen atoms in total. The van der Waals surface area contributed by atoms with Crippen LogP contribution in [0.2, 0.25) is 0 Å². The number of carbonyl (C=O) groups excluding carboxylic acids is 3. The molecule has 1 aliphatic rings. The highest BCUT2D eigenvalue weighted by atomic mass is 32.1. The predicted octanol–water partition coefficient (Wildman–Crippen LogP) is 0.805. The summed E-state index contributed by atoms with van der Waals surface area (Å²) in [6, 6.07) is 1.45. The van der Waals surface area contributed by atoms with Crippen molar-refractivity contribution in [3.63, 3.8) is 0 Å². The van der Waals surface area contributed by atoms with Gasteiger partial charge < -0.3 is 35.8 Å². The zero-order chi connectivity index (χ0) is 28.7. The van der Waals surface area contributed by atoms with Crippen molar-refractivity contribution in [3.05, 3.63) is 40.5 Å². The van der Waals surface area contributed by atoms with E-state index in [4.69, 9.17) is 10.5 Å². The lowest BCUT2D eigenvalue weighted by Gasteiger charge is -2.33. The SMILES string of the molecule is Cc1cc(F)c(COc2nsc(NC(=O)NCC(O)CC(O)CC(=O)N3CCN(C)CC3)c2C(N)=O)c(F)c1. The molecule has 1 aromatic heterocycles. The highest BCUT2D eigenvalue weighted by molar-refractivity contribution is 7.11. The van der Waals surface area contributed by atoms with Gasteiger partial charge in [-0.25, -0.2) is 13.6 Å². The summed E-state index contributed by atoms with van der Waals surface area (Å²) in [6.45, 7) is 3.35. The molecule has 2 aromatic rings. The Bertz CT molecular complexity index is 1170. The summed E-state index contributed by atoms with van der Waals surface area (Å²) in [4.78, 5) is 40.4. The molecule has 2 unspecified atom stereocenters. The second-order valence-corrected chi connectivity index (χ2v) is 10.1. The predicted molar refractivity (Wildman–Crippen MR) is 138 cm³/mol. The number of likely N-dealkylation sites (N-methyl/N-ethyl adjacent to an activating group) is 1. The Morgan fingerprint density at radius 1 is 1.15 bits per heavy atom. The molecule has 39 heavy (non-hydrogen) atoms. The first-order valence-corrected chi connectivity index (χ1v) is 13.0. The van der Waals surface area contributed by atoms with E-state index in [1.807, 2.05) is 7.05 Å². The topological polar surface area (TPSA) is 170 Å². The van der Waals surface area contributed by atoms with Crippen molar-refractivity contribution in [1.82, 2.24) is 19.5 Å². The third-order valence-electron chi connectivity index (χ3n) is 6.08.